The summed E-state index contributed by atoms with van der Waals surface area (Å²) >= 11 is 0. The van der Waals surface area contributed by atoms with E-state index in [0.717, 1.165) is 5.52 Å². The zero-order valence-corrected chi connectivity index (χ0v) is 11.9. The van der Waals surface area contributed by atoms with Crippen LogP contribution < -0.4 is 5.73 Å². The normalized spacial score (nSPS) is 18.9. The van der Waals surface area contributed by atoms with Crippen LogP contribution in [-0.2, 0) is 7.05 Å². The van der Waals surface area contributed by atoms with Crippen LogP contribution in [-0.4, -0.2) is 9.55 Å². The van der Waals surface area contributed by atoms with Crippen molar-refractivity contribution >= 4 is 11.0 Å². The first-order valence-electron chi connectivity index (χ1n) is 7.38. The number of hydrogen-bond acceptors (Lipinski definition) is 2. The average molecular weight is 257 g/mol. The quantitative estimate of drug-likeness (QED) is 0.892. The summed E-state index contributed by atoms with van der Waals surface area (Å²) in [5, 5.41) is 0. The molecule has 0 radical (unpaired) electrons. The topological polar surface area (TPSA) is 43.8 Å². The molecule has 1 aliphatic rings. The fourth-order valence-corrected chi connectivity index (χ4v) is 3.23. The molecule has 2 aromatic rings. The van der Waals surface area contributed by atoms with Gasteiger partial charge in [0.1, 0.15) is 5.82 Å². The van der Waals surface area contributed by atoms with Crippen molar-refractivity contribution in [3.63, 3.8) is 0 Å². The molecule has 1 aromatic carbocycles. The largest absolute Gasteiger partial charge is 0.331 e. The monoisotopic (exact) mass is 257 g/mol. The molecule has 1 atom stereocenters. The minimum absolute atomic E-state index is 0.0810. The number of aromatic nitrogens is 2. The van der Waals surface area contributed by atoms with Crippen molar-refractivity contribution in [3.05, 3.63) is 29.6 Å². The maximum Gasteiger partial charge on any atom is 0.112 e. The second-order valence-corrected chi connectivity index (χ2v) is 5.90. The molecule has 0 saturated heterocycles. The number of imidazole rings is 1. The number of fused-ring (bicyclic) bond motifs is 1. The number of nitrogens with zero attached hydrogens (tertiary/aromatic N) is 2. The highest BCUT2D eigenvalue weighted by atomic mass is 15.1. The Morgan fingerprint density at radius 1 is 1.26 bits per heavy atom. The molecule has 1 saturated carbocycles. The molecule has 1 fully saturated rings. The van der Waals surface area contributed by atoms with E-state index in [1.165, 1.54) is 49.0 Å². The molecule has 19 heavy (non-hydrogen) atoms. The van der Waals surface area contributed by atoms with Crippen LogP contribution in [0.4, 0.5) is 0 Å². The van der Waals surface area contributed by atoms with Gasteiger partial charge in [-0.2, -0.15) is 0 Å². The maximum atomic E-state index is 5.97. The number of aryl methyl sites for hydroxylation is 1. The summed E-state index contributed by atoms with van der Waals surface area (Å²) in [6, 6.07) is 6.49. The summed E-state index contributed by atoms with van der Waals surface area (Å²) in [6.45, 7) is 2.03. The Morgan fingerprint density at radius 3 is 2.68 bits per heavy atom. The molecule has 3 heteroatoms. The predicted octanol–water partition coefficient (Wildman–Crippen LogP) is 3.64. The first-order valence-corrected chi connectivity index (χ1v) is 7.38. The van der Waals surface area contributed by atoms with E-state index in [4.69, 9.17) is 10.7 Å². The molecule has 1 heterocycles. The third-order valence-electron chi connectivity index (χ3n) is 4.44. The van der Waals surface area contributed by atoms with Gasteiger partial charge in [-0.05, 0) is 37.5 Å². The summed E-state index contributed by atoms with van der Waals surface area (Å²) in [7, 11) is 2.14. The van der Waals surface area contributed by atoms with E-state index in [1.54, 1.807) is 0 Å². The standard InChI is InChI=1S/C16H23N3/c1-11(17)13-8-9-14-15(10-13)19(2)16(18-14)12-6-4-3-5-7-12/h8-12H,3-7,17H2,1-2H3. The summed E-state index contributed by atoms with van der Waals surface area (Å²) in [5.41, 5.74) is 9.48. The van der Waals surface area contributed by atoms with Crippen LogP contribution in [0.25, 0.3) is 11.0 Å². The van der Waals surface area contributed by atoms with Gasteiger partial charge in [0.15, 0.2) is 0 Å². The predicted molar refractivity (Wildman–Crippen MR) is 79.1 cm³/mol. The zero-order valence-electron chi connectivity index (χ0n) is 11.9. The average Bonchev–Trinajstić information content (AvgIpc) is 2.77. The van der Waals surface area contributed by atoms with Gasteiger partial charge in [0.25, 0.3) is 0 Å². The summed E-state index contributed by atoms with van der Waals surface area (Å²) in [5.74, 6) is 1.90. The van der Waals surface area contributed by atoms with E-state index >= 15 is 0 Å². The van der Waals surface area contributed by atoms with Crippen LogP contribution in [0, 0.1) is 0 Å². The van der Waals surface area contributed by atoms with E-state index in [9.17, 15) is 0 Å². The fraction of sp³-hybridized carbons (Fsp3) is 0.562. The summed E-state index contributed by atoms with van der Waals surface area (Å²) in [6.07, 6.45) is 6.65. The lowest BCUT2D eigenvalue weighted by molar-refractivity contribution is 0.423. The first-order chi connectivity index (χ1) is 9.16. The first kappa shape index (κ1) is 12.7. The molecule has 3 nitrogen and oxygen atoms in total. The molecular formula is C16H23N3. The minimum Gasteiger partial charge on any atom is -0.331 e. The van der Waals surface area contributed by atoms with Crippen molar-refractivity contribution < 1.29 is 0 Å². The highest BCUT2D eigenvalue weighted by Gasteiger charge is 2.21. The molecule has 3 rings (SSSR count). The molecule has 0 aliphatic heterocycles. The van der Waals surface area contributed by atoms with Gasteiger partial charge in [-0.25, -0.2) is 4.98 Å². The van der Waals surface area contributed by atoms with Gasteiger partial charge >= 0.3 is 0 Å². The Kier molecular flexibility index (Phi) is 3.31. The summed E-state index contributed by atoms with van der Waals surface area (Å²) < 4.78 is 2.28. The molecule has 0 amide bonds. The van der Waals surface area contributed by atoms with Gasteiger partial charge in [-0.3, -0.25) is 0 Å². The molecule has 0 bridgehead atoms. The lowest BCUT2D eigenvalue weighted by Gasteiger charge is -2.21. The Hall–Kier alpha value is -1.35. The van der Waals surface area contributed by atoms with Crippen LogP contribution in [0.15, 0.2) is 18.2 Å². The number of rotatable bonds is 2. The molecule has 0 spiro atoms. The number of hydrogen-bond donors (Lipinski definition) is 1. The molecule has 2 N–H and O–H groups in total. The highest BCUT2D eigenvalue weighted by Crippen LogP contribution is 2.33. The van der Waals surface area contributed by atoms with Gasteiger partial charge in [0.05, 0.1) is 11.0 Å². The van der Waals surface area contributed by atoms with Gasteiger partial charge in [-0.1, -0.05) is 25.3 Å². The van der Waals surface area contributed by atoms with Crippen LogP contribution >= 0.6 is 0 Å². The maximum absolute atomic E-state index is 5.97. The fourth-order valence-electron chi connectivity index (χ4n) is 3.23. The smallest absolute Gasteiger partial charge is 0.112 e. The zero-order chi connectivity index (χ0) is 13.4. The molecule has 1 unspecified atom stereocenters. The van der Waals surface area contributed by atoms with Gasteiger partial charge in [-0.15, -0.1) is 0 Å². The van der Waals surface area contributed by atoms with Gasteiger partial charge in [0.2, 0.25) is 0 Å². The summed E-state index contributed by atoms with van der Waals surface area (Å²) in [4.78, 5) is 4.86. The molecule has 1 aromatic heterocycles. The van der Waals surface area contributed by atoms with E-state index in [1.807, 2.05) is 6.92 Å². The van der Waals surface area contributed by atoms with Crippen molar-refractivity contribution in [2.75, 3.05) is 0 Å². The Bertz CT molecular complexity index is 577. The van der Waals surface area contributed by atoms with Crippen LogP contribution in [0.3, 0.4) is 0 Å². The van der Waals surface area contributed by atoms with E-state index < -0.39 is 0 Å². The highest BCUT2D eigenvalue weighted by molar-refractivity contribution is 5.77. The second kappa shape index (κ2) is 4.97. The van der Waals surface area contributed by atoms with Crippen LogP contribution in [0.5, 0.6) is 0 Å². The molecule has 102 valence electrons. The van der Waals surface area contributed by atoms with E-state index in [2.05, 4.69) is 29.8 Å². The second-order valence-electron chi connectivity index (χ2n) is 5.90. The van der Waals surface area contributed by atoms with Crippen molar-refractivity contribution in [1.29, 1.82) is 0 Å². The Labute approximate surface area is 114 Å². The number of nitrogens with two attached hydrogens (primary N) is 1. The van der Waals surface area contributed by atoms with Crippen LogP contribution in [0.2, 0.25) is 0 Å². The third kappa shape index (κ3) is 2.27. The Balaban J connectivity index is 2.04. The van der Waals surface area contributed by atoms with Gasteiger partial charge < -0.3 is 10.3 Å². The lowest BCUT2D eigenvalue weighted by Crippen LogP contribution is -2.10. The van der Waals surface area contributed by atoms with Crippen molar-refractivity contribution in [2.24, 2.45) is 12.8 Å². The van der Waals surface area contributed by atoms with E-state index in [0.29, 0.717) is 5.92 Å². The van der Waals surface area contributed by atoms with Crippen LogP contribution in [0.1, 0.15) is 62.4 Å². The molecule has 1 aliphatic carbocycles. The molecular weight excluding hydrogens is 234 g/mol. The van der Waals surface area contributed by atoms with Gasteiger partial charge in [0, 0.05) is 19.0 Å². The van der Waals surface area contributed by atoms with E-state index in [-0.39, 0.29) is 6.04 Å². The minimum atomic E-state index is 0.0810. The third-order valence-corrected chi connectivity index (χ3v) is 4.44. The number of benzene rings is 1. The van der Waals surface area contributed by atoms with Crippen molar-refractivity contribution in [3.8, 4) is 0 Å². The lowest BCUT2D eigenvalue weighted by atomic mass is 9.89. The van der Waals surface area contributed by atoms with Crippen molar-refractivity contribution in [2.45, 2.75) is 51.0 Å². The Morgan fingerprint density at radius 2 is 2.00 bits per heavy atom. The SMILES string of the molecule is CC(N)c1ccc2nc(C3CCCCC3)n(C)c2c1. The van der Waals surface area contributed by atoms with Crippen molar-refractivity contribution in [1.82, 2.24) is 9.55 Å².